The molecule has 0 aliphatic carbocycles. The standard InChI is InChI=1S/C19H19FN4O3/c1-2-21-17(25)11-16-18(26)24(15-8-6-13(20)7-9-15)19(27)23(16)12-14-5-3-4-10-22-14/h3-10,16H,2,11-12H2,1H3,(H,21,25). The molecular formula is C19H19FN4O3. The fourth-order valence-corrected chi connectivity index (χ4v) is 2.95. The number of carbonyl (C=O) groups excluding carboxylic acids is 3. The number of aromatic nitrogens is 1. The lowest BCUT2D eigenvalue weighted by atomic mass is 10.1. The van der Waals surface area contributed by atoms with Crippen molar-refractivity contribution in [1.82, 2.24) is 15.2 Å². The van der Waals surface area contributed by atoms with E-state index in [0.29, 0.717) is 12.2 Å². The number of hydrogen-bond acceptors (Lipinski definition) is 4. The maximum absolute atomic E-state index is 13.2. The lowest BCUT2D eigenvalue weighted by Crippen LogP contribution is -2.39. The fraction of sp³-hybridized carbons (Fsp3) is 0.263. The third-order valence-corrected chi connectivity index (χ3v) is 4.21. The Morgan fingerprint density at radius 1 is 1.19 bits per heavy atom. The van der Waals surface area contributed by atoms with Crippen molar-refractivity contribution in [2.75, 3.05) is 11.4 Å². The van der Waals surface area contributed by atoms with E-state index >= 15 is 0 Å². The zero-order chi connectivity index (χ0) is 19.4. The van der Waals surface area contributed by atoms with Crippen LogP contribution in [0.3, 0.4) is 0 Å². The molecule has 1 N–H and O–H groups in total. The summed E-state index contributed by atoms with van der Waals surface area (Å²) < 4.78 is 13.2. The lowest BCUT2D eigenvalue weighted by molar-refractivity contribution is -0.127. The van der Waals surface area contributed by atoms with Gasteiger partial charge in [0, 0.05) is 12.7 Å². The van der Waals surface area contributed by atoms with Crippen LogP contribution in [0.15, 0.2) is 48.7 Å². The molecule has 7 nitrogen and oxygen atoms in total. The maximum Gasteiger partial charge on any atom is 0.332 e. The first-order valence-corrected chi connectivity index (χ1v) is 8.58. The quantitative estimate of drug-likeness (QED) is 0.790. The smallest absolute Gasteiger partial charge is 0.332 e. The van der Waals surface area contributed by atoms with Crippen LogP contribution in [0, 0.1) is 5.82 Å². The molecular weight excluding hydrogens is 351 g/mol. The summed E-state index contributed by atoms with van der Waals surface area (Å²) in [6.45, 7) is 2.29. The summed E-state index contributed by atoms with van der Waals surface area (Å²) in [5.41, 5.74) is 0.858. The van der Waals surface area contributed by atoms with Gasteiger partial charge in [0.1, 0.15) is 11.9 Å². The van der Waals surface area contributed by atoms with Crippen LogP contribution in [0.1, 0.15) is 19.0 Å². The molecule has 8 heteroatoms. The number of hydrogen-bond donors (Lipinski definition) is 1. The summed E-state index contributed by atoms with van der Waals surface area (Å²) in [7, 11) is 0. The number of imide groups is 1. The minimum absolute atomic E-state index is 0.0905. The van der Waals surface area contributed by atoms with Gasteiger partial charge in [0.05, 0.1) is 24.3 Å². The fourth-order valence-electron chi connectivity index (χ4n) is 2.95. The first-order chi connectivity index (χ1) is 13.0. The molecule has 0 saturated carbocycles. The molecule has 3 rings (SSSR count). The second-order valence-corrected chi connectivity index (χ2v) is 6.06. The van der Waals surface area contributed by atoms with Crippen LogP contribution in [-0.2, 0) is 16.1 Å². The van der Waals surface area contributed by atoms with Gasteiger partial charge in [-0.05, 0) is 43.3 Å². The van der Waals surface area contributed by atoms with Gasteiger partial charge in [0.25, 0.3) is 5.91 Å². The van der Waals surface area contributed by atoms with E-state index in [1.165, 1.54) is 29.2 Å². The van der Waals surface area contributed by atoms with E-state index in [-0.39, 0.29) is 24.6 Å². The van der Waals surface area contributed by atoms with Gasteiger partial charge in [-0.3, -0.25) is 14.6 Å². The Morgan fingerprint density at radius 3 is 2.56 bits per heavy atom. The van der Waals surface area contributed by atoms with E-state index in [2.05, 4.69) is 10.3 Å². The van der Waals surface area contributed by atoms with Gasteiger partial charge in [-0.2, -0.15) is 0 Å². The highest BCUT2D eigenvalue weighted by atomic mass is 19.1. The minimum Gasteiger partial charge on any atom is -0.356 e. The molecule has 1 fully saturated rings. The van der Waals surface area contributed by atoms with Gasteiger partial charge >= 0.3 is 6.03 Å². The number of urea groups is 1. The van der Waals surface area contributed by atoms with Gasteiger partial charge in [0.15, 0.2) is 0 Å². The van der Waals surface area contributed by atoms with Crippen LogP contribution in [0.2, 0.25) is 0 Å². The van der Waals surface area contributed by atoms with Crippen molar-refractivity contribution < 1.29 is 18.8 Å². The first kappa shape index (κ1) is 18.5. The van der Waals surface area contributed by atoms with Crippen molar-refractivity contribution in [3.8, 4) is 0 Å². The van der Waals surface area contributed by atoms with Crippen molar-refractivity contribution in [3.63, 3.8) is 0 Å². The number of nitrogens with zero attached hydrogens (tertiary/aromatic N) is 3. The van der Waals surface area contributed by atoms with E-state index in [4.69, 9.17) is 0 Å². The van der Waals surface area contributed by atoms with Gasteiger partial charge in [-0.25, -0.2) is 14.1 Å². The van der Waals surface area contributed by atoms with Gasteiger partial charge in [0.2, 0.25) is 5.91 Å². The maximum atomic E-state index is 13.2. The Kier molecular flexibility index (Phi) is 5.44. The zero-order valence-corrected chi connectivity index (χ0v) is 14.8. The number of amides is 4. The molecule has 0 spiro atoms. The summed E-state index contributed by atoms with van der Waals surface area (Å²) in [6, 6.07) is 8.83. The monoisotopic (exact) mass is 370 g/mol. The molecule has 27 heavy (non-hydrogen) atoms. The highest BCUT2D eigenvalue weighted by Gasteiger charge is 2.46. The SMILES string of the molecule is CCNC(=O)CC1C(=O)N(c2ccc(F)cc2)C(=O)N1Cc1ccccn1. The summed E-state index contributed by atoms with van der Waals surface area (Å²) >= 11 is 0. The van der Waals surface area contributed by atoms with Crippen molar-refractivity contribution in [2.24, 2.45) is 0 Å². The van der Waals surface area contributed by atoms with Crippen molar-refractivity contribution in [3.05, 3.63) is 60.2 Å². The van der Waals surface area contributed by atoms with Gasteiger partial charge in [-0.15, -0.1) is 0 Å². The molecule has 1 atom stereocenters. The highest BCUT2D eigenvalue weighted by molar-refractivity contribution is 6.22. The molecule has 0 radical (unpaired) electrons. The lowest BCUT2D eigenvalue weighted by Gasteiger charge is -2.21. The number of pyridine rings is 1. The van der Waals surface area contributed by atoms with Crippen LogP contribution in [0.5, 0.6) is 0 Å². The van der Waals surface area contributed by atoms with E-state index in [0.717, 1.165) is 4.90 Å². The Hall–Kier alpha value is -3.29. The van der Waals surface area contributed by atoms with Gasteiger partial charge < -0.3 is 10.2 Å². The number of nitrogens with one attached hydrogen (secondary N) is 1. The van der Waals surface area contributed by atoms with Crippen molar-refractivity contribution in [2.45, 2.75) is 25.9 Å². The number of carbonyl (C=O) groups is 3. The first-order valence-electron chi connectivity index (χ1n) is 8.58. The summed E-state index contributed by atoms with van der Waals surface area (Å²) in [6.07, 6.45) is 1.44. The summed E-state index contributed by atoms with van der Waals surface area (Å²) in [4.78, 5) is 44.4. The highest BCUT2D eigenvalue weighted by Crippen LogP contribution is 2.28. The molecule has 2 aromatic rings. The third-order valence-electron chi connectivity index (χ3n) is 4.21. The molecule has 140 valence electrons. The molecule has 1 aromatic carbocycles. The van der Waals surface area contributed by atoms with Crippen LogP contribution in [-0.4, -0.2) is 40.3 Å². The van der Waals surface area contributed by atoms with E-state index in [1.807, 2.05) is 0 Å². The normalized spacial score (nSPS) is 16.7. The third kappa shape index (κ3) is 3.94. The van der Waals surface area contributed by atoms with Crippen molar-refractivity contribution >= 4 is 23.5 Å². The van der Waals surface area contributed by atoms with Crippen molar-refractivity contribution in [1.29, 1.82) is 0 Å². The molecule has 1 aliphatic heterocycles. The molecule has 1 aromatic heterocycles. The Balaban J connectivity index is 1.91. The number of benzene rings is 1. The minimum atomic E-state index is -0.948. The van der Waals surface area contributed by atoms with Crippen LogP contribution in [0.25, 0.3) is 0 Å². The molecule has 0 bridgehead atoms. The zero-order valence-electron chi connectivity index (χ0n) is 14.8. The second-order valence-electron chi connectivity index (χ2n) is 6.06. The summed E-state index contributed by atoms with van der Waals surface area (Å²) in [5, 5.41) is 2.64. The second kappa shape index (κ2) is 7.94. The number of halogens is 1. The van der Waals surface area contributed by atoms with E-state index in [1.54, 1.807) is 31.3 Å². The average molecular weight is 370 g/mol. The van der Waals surface area contributed by atoms with Crippen LogP contribution in [0.4, 0.5) is 14.9 Å². The average Bonchev–Trinajstić information content (AvgIpc) is 2.88. The van der Waals surface area contributed by atoms with E-state index < -0.39 is 23.8 Å². The molecule has 1 saturated heterocycles. The Bertz CT molecular complexity index is 842. The molecule has 1 unspecified atom stereocenters. The Labute approximate surface area is 155 Å². The molecule has 4 amide bonds. The summed E-state index contributed by atoms with van der Waals surface area (Å²) in [5.74, 6) is -1.31. The largest absolute Gasteiger partial charge is 0.356 e. The van der Waals surface area contributed by atoms with Crippen LogP contribution >= 0.6 is 0 Å². The predicted octanol–water partition coefficient (Wildman–Crippen LogP) is 2.08. The Morgan fingerprint density at radius 2 is 1.93 bits per heavy atom. The number of anilines is 1. The topological polar surface area (TPSA) is 82.6 Å². The predicted molar refractivity (Wildman–Crippen MR) is 96.2 cm³/mol. The number of rotatable bonds is 6. The molecule has 2 heterocycles. The van der Waals surface area contributed by atoms with E-state index in [9.17, 15) is 18.8 Å². The van der Waals surface area contributed by atoms with Crippen LogP contribution < -0.4 is 10.2 Å². The molecule has 1 aliphatic rings. The van der Waals surface area contributed by atoms with Gasteiger partial charge in [-0.1, -0.05) is 6.07 Å².